The Bertz CT molecular complexity index is 920. The van der Waals surface area contributed by atoms with E-state index < -0.39 is 16.1 Å². The third-order valence-electron chi connectivity index (χ3n) is 4.55. The van der Waals surface area contributed by atoms with Gasteiger partial charge in [-0.05, 0) is 68.1 Å². The maximum absolute atomic E-state index is 12.6. The number of carbonyl (C=O) groups is 1. The summed E-state index contributed by atoms with van der Waals surface area (Å²) < 4.78 is 31.6. The molecule has 0 aromatic heterocycles. The molecule has 0 aliphatic heterocycles. The molecule has 2 rings (SSSR count). The lowest BCUT2D eigenvalue weighted by atomic mass is 10.1. The lowest BCUT2D eigenvalue weighted by Crippen LogP contribution is -2.48. The number of nitrogens with zero attached hydrogens (tertiary/aromatic N) is 1. The van der Waals surface area contributed by atoms with Crippen LogP contribution in [0.25, 0.3) is 0 Å². The minimum absolute atomic E-state index is 0.281. The molecule has 1 N–H and O–H groups in total. The summed E-state index contributed by atoms with van der Waals surface area (Å²) in [5.41, 5.74) is 3.58. The molecule has 2 aromatic rings. The van der Waals surface area contributed by atoms with Crippen LogP contribution in [0.5, 0.6) is 5.75 Å². The van der Waals surface area contributed by atoms with Crippen molar-refractivity contribution in [1.82, 2.24) is 5.32 Å². The van der Waals surface area contributed by atoms with Crippen molar-refractivity contribution in [3.05, 3.63) is 59.2 Å². The van der Waals surface area contributed by atoms with Crippen LogP contribution in [0, 0.1) is 13.8 Å². The number of nitrogens with one attached hydrogen (secondary N) is 1. The van der Waals surface area contributed by atoms with Gasteiger partial charge in [0.15, 0.2) is 0 Å². The van der Waals surface area contributed by atoms with E-state index in [2.05, 4.69) is 12.2 Å². The van der Waals surface area contributed by atoms with Crippen molar-refractivity contribution in [3.63, 3.8) is 0 Å². The van der Waals surface area contributed by atoms with Crippen molar-refractivity contribution in [2.75, 3.05) is 23.7 Å². The maximum Gasteiger partial charge on any atom is 0.243 e. The molecule has 1 atom stereocenters. The number of benzene rings is 2. The number of carbonyl (C=O) groups excluding carboxylic acids is 1. The normalized spacial score (nSPS) is 12.3. The maximum atomic E-state index is 12.6. The molecule has 1 amide bonds. The summed E-state index contributed by atoms with van der Waals surface area (Å²) in [6.45, 7) is 8.04. The van der Waals surface area contributed by atoms with E-state index in [9.17, 15) is 13.2 Å². The van der Waals surface area contributed by atoms with Crippen LogP contribution in [0.4, 0.5) is 5.69 Å². The predicted molar refractivity (Wildman–Crippen MR) is 117 cm³/mol. The monoisotopic (exact) mass is 418 g/mol. The molecule has 29 heavy (non-hydrogen) atoms. The van der Waals surface area contributed by atoms with Crippen LogP contribution in [0.2, 0.25) is 0 Å². The minimum atomic E-state index is -3.63. The van der Waals surface area contributed by atoms with Gasteiger partial charge in [0.25, 0.3) is 0 Å². The molecule has 7 heteroatoms. The Morgan fingerprint density at radius 1 is 1.10 bits per heavy atom. The molecule has 0 radical (unpaired) electrons. The summed E-state index contributed by atoms with van der Waals surface area (Å²) in [4.78, 5) is 12.6. The topological polar surface area (TPSA) is 75.7 Å². The molecule has 0 bridgehead atoms. The Morgan fingerprint density at radius 3 is 2.21 bits per heavy atom. The Hall–Kier alpha value is -2.54. The Morgan fingerprint density at radius 2 is 1.69 bits per heavy atom. The second-order valence-electron chi connectivity index (χ2n) is 7.22. The first-order valence-corrected chi connectivity index (χ1v) is 11.5. The predicted octanol–water partition coefficient (Wildman–Crippen LogP) is 3.22. The lowest BCUT2D eigenvalue weighted by molar-refractivity contribution is -0.121. The summed E-state index contributed by atoms with van der Waals surface area (Å²) in [6, 6.07) is 12.4. The van der Waals surface area contributed by atoms with Gasteiger partial charge >= 0.3 is 0 Å². The first-order valence-electron chi connectivity index (χ1n) is 9.69. The Kier molecular flexibility index (Phi) is 7.67. The van der Waals surface area contributed by atoms with Gasteiger partial charge in [-0.15, -0.1) is 0 Å². The van der Waals surface area contributed by atoms with Crippen molar-refractivity contribution in [3.8, 4) is 5.75 Å². The summed E-state index contributed by atoms with van der Waals surface area (Å²) in [5.74, 6) is 0.358. The highest BCUT2D eigenvalue weighted by molar-refractivity contribution is 7.92. The molecule has 0 aliphatic rings. The third-order valence-corrected chi connectivity index (χ3v) is 5.79. The largest absolute Gasteiger partial charge is 0.492 e. The Labute approximate surface area is 173 Å². The number of anilines is 1. The van der Waals surface area contributed by atoms with E-state index in [1.165, 1.54) is 5.56 Å². The van der Waals surface area contributed by atoms with Gasteiger partial charge in [-0.25, -0.2) is 8.42 Å². The van der Waals surface area contributed by atoms with Gasteiger partial charge in [-0.1, -0.05) is 25.1 Å². The van der Waals surface area contributed by atoms with Gasteiger partial charge < -0.3 is 10.1 Å². The molecule has 6 nitrogen and oxygen atoms in total. The van der Waals surface area contributed by atoms with E-state index in [0.717, 1.165) is 33.9 Å². The zero-order valence-electron chi connectivity index (χ0n) is 17.7. The molecule has 158 valence electrons. The summed E-state index contributed by atoms with van der Waals surface area (Å²) in [5, 5.41) is 2.76. The van der Waals surface area contributed by atoms with Gasteiger partial charge in [0.1, 0.15) is 18.4 Å². The van der Waals surface area contributed by atoms with E-state index in [4.69, 9.17) is 4.74 Å². The fourth-order valence-corrected chi connectivity index (χ4v) is 4.36. The standard InChI is InChI=1S/C22H30N2O4S/c1-6-19-7-9-21(10-8-19)28-12-11-23-22(25)18(4)24(29(5,26)27)20-14-16(2)13-17(3)15-20/h7-10,13-15,18H,6,11-12H2,1-5H3,(H,23,25)/t18-/m0/s1. The van der Waals surface area contributed by atoms with E-state index in [-0.39, 0.29) is 12.5 Å². The minimum Gasteiger partial charge on any atom is -0.492 e. The van der Waals surface area contributed by atoms with E-state index in [1.54, 1.807) is 19.1 Å². The van der Waals surface area contributed by atoms with E-state index in [1.807, 2.05) is 44.2 Å². The third kappa shape index (κ3) is 6.49. The lowest BCUT2D eigenvalue weighted by Gasteiger charge is -2.28. The van der Waals surface area contributed by atoms with Crippen molar-refractivity contribution in [2.45, 2.75) is 40.2 Å². The molecule has 0 fully saturated rings. The van der Waals surface area contributed by atoms with Gasteiger partial charge in [0.05, 0.1) is 18.5 Å². The SMILES string of the molecule is CCc1ccc(OCCNC(=O)[C@H](C)N(c2cc(C)cc(C)c2)S(C)(=O)=O)cc1. The van der Waals surface area contributed by atoms with Crippen LogP contribution >= 0.6 is 0 Å². The first kappa shape index (κ1) is 22.7. The van der Waals surface area contributed by atoms with E-state index in [0.29, 0.717) is 12.3 Å². The van der Waals surface area contributed by atoms with Crippen LogP contribution in [-0.4, -0.2) is 39.8 Å². The highest BCUT2D eigenvalue weighted by Crippen LogP contribution is 2.23. The van der Waals surface area contributed by atoms with Crippen LogP contribution in [-0.2, 0) is 21.2 Å². The summed E-state index contributed by atoms with van der Waals surface area (Å²) >= 11 is 0. The van der Waals surface area contributed by atoms with Crippen LogP contribution < -0.4 is 14.4 Å². The van der Waals surface area contributed by atoms with Gasteiger partial charge in [0.2, 0.25) is 15.9 Å². The van der Waals surface area contributed by atoms with Crippen molar-refractivity contribution in [2.24, 2.45) is 0 Å². The molecule has 0 aliphatic carbocycles. The number of ether oxygens (including phenoxy) is 1. The smallest absolute Gasteiger partial charge is 0.243 e. The van der Waals surface area contributed by atoms with Crippen molar-refractivity contribution in [1.29, 1.82) is 0 Å². The second-order valence-corrected chi connectivity index (χ2v) is 9.08. The fourth-order valence-electron chi connectivity index (χ4n) is 3.20. The molecule has 0 spiro atoms. The van der Waals surface area contributed by atoms with E-state index >= 15 is 0 Å². The molecule has 0 unspecified atom stereocenters. The number of sulfonamides is 1. The zero-order chi connectivity index (χ0) is 21.6. The van der Waals surface area contributed by atoms with Crippen molar-refractivity contribution < 1.29 is 17.9 Å². The number of aryl methyl sites for hydroxylation is 3. The number of hydrogen-bond donors (Lipinski definition) is 1. The zero-order valence-corrected chi connectivity index (χ0v) is 18.5. The number of rotatable bonds is 9. The van der Waals surface area contributed by atoms with Crippen LogP contribution in [0.3, 0.4) is 0 Å². The fraction of sp³-hybridized carbons (Fsp3) is 0.409. The first-order chi connectivity index (χ1) is 13.6. The van der Waals surface area contributed by atoms with Crippen LogP contribution in [0.1, 0.15) is 30.5 Å². The highest BCUT2D eigenvalue weighted by Gasteiger charge is 2.29. The molecule has 0 heterocycles. The average molecular weight is 419 g/mol. The summed E-state index contributed by atoms with van der Waals surface area (Å²) in [7, 11) is -3.63. The quantitative estimate of drug-likeness (QED) is 0.635. The Balaban J connectivity index is 1.99. The van der Waals surface area contributed by atoms with Gasteiger partial charge in [-0.3, -0.25) is 9.10 Å². The molecule has 0 saturated heterocycles. The molecular weight excluding hydrogens is 388 g/mol. The molecule has 2 aromatic carbocycles. The number of hydrogen-bond acceptors (Lipinski definition) is 4. The molecule has 0 saturated carbocycles. The van der Waals surface area contributed by atoms with Crippen molar-refractivity contribution >= 4 is 21.6 Å². The summed E-state index contributed by atoms with van der Waals surface area (Å²) in [6.07, 6.45) is 2.07. The second kappa shape index (κ2) is 9.78. The van der Waals surface area contributed by atoms with Crippen LogP contribution in [0.15, 0.2) is 42.5 Å². The number of amides is 1. The van der Waals surface area contributed by atoms with Gasteiger partial charge in [-0.2, -0.15) is 0 Å². The average Bonchev–Trinajstić information content (AvgIpc) is 2.63. The molecular formula is C22H30N2O4S. The van der Waals surface area contributed by atoms with Gasteiger partial charge in [0, 0.05) is 0 Å². The highest BCUT2D eigenvalue weighted by atomic mass is 32.2.